The molecule has 0 bridgehead atoms. The van der Waals surface area contributed by atoms with Crippen LogP contribution in [0.2, 0.25) is 0 Å². The van der Waals surface area contributed by atoms with Gasteiger partial charge in [0.25, 0.3) is 0 Å². The lowest BCUT2D eigenvalue weighted by Gasteiger charge is -2.26. The van der Waals surface area contributed by atoms with Gasteiger partial charge in [0, 0.05) is 43.9 Å². The second-order valence-electron chi connectivity index (χ2n) is 18.1. The highest BCUT2D eigenvalue weighted by molar-refractivity contribution is 7.19. The van der Waals surface area contributed by atoms with Crippen molar-refractivity contribution in [2.24, 2.45) is 0 Å². The number of anilines is 6. The van der Waals surface area contributed by atoms with Crippen molar-refractivity contribution in [1.29, 1.82) is 0 Å². The number of thiophene rings is 1. The zero-order valence-corrected chi connectivity index (χ0v) is 39.7. The van der Waals surface area contributed by atoms with E-state index in [-0.39, 0.29) is 0 Å². The van der Waals surface area contributed by atoms with Crippen LogP contribution in [0.4, 0.5) is 34.1 Å². The molecule has 0 atom stereocenters. The Balaban J connectivity index is 0.779. The first kappa shape index (κ1) is 42.1. The Morgan fingerprint density at radius 3 is 1.00 bits per heavy atom. The largest absolute Gasteiger partial charge is 0.311 e. The van der Waals surface area contributed by atoms with Crippen LogP contribution >= 0.6 is 11.3 Å². The molecule has 1 aromatic heterocycles. The molecule has 0 saturated carbocycles. The van der Waals surface area contributed by atoms with Crippen LogP contribution in [0.5, 0.6) is 0 Å². The minimum atomic E-state index is 1.09. The number of rotatable bonds is 11. The summed E-state index contributed by atoms with van der Waals surface area (Å²) >= 11 is 1.86. The molecule has 0 amide bonds. The van der Waals surface area contributed by atoms with E-state index in [0.717, 1.165) is 45.3 Å². The molecule has 13 rings (SSSR count). The van der Waals surface area contributed by atoms with Gasteiger partial charge >= 0.3 is 0 Å². The minimum absolute atomic E-state index is 1.09. The summed E-state index contributed by atoms with van der Waals surface area (Å²) in [6.07, 6.45) is 0. The topological polar surface area (TPSA) is 6.48 Å². The lowest BCUT2D eigenvalue weighted by Crippen LogP contribution is -2.10. The highest BCUT2D eigenvalue weighted by atomic mass is 32.1. The van der Waals surface area contributed by atoms with Crippen LogP contribution in [0, 0.1) is 0 Å². The van der Waals surface area contributed by atoms with Crippen molar-refractivity contribution in [3.05, 3.63) is 279 Å². The fourth-order valence-electron chi connectivity index (χ4n) is 10.3. The van der Waals surface area contributed by atoms with Gasteiger partial charge in [0.05, 0.1) is 0 Å². The molecule has 0 fully saturated rings. The van der Waals surface area contributed by atoms with E-state index in [2.05, 4.69) is 289 Å². The second kappa shape index (κ2) is 18.1. The second-order valence-corrected chi connectivity index (χ2v) is 19.2. The summed E-state index contributed by atoms with van der Waals surface area (Å²) in [6, 6.07) is 101. The minimum Gasteiger partial charge on any atom is -0.311 e. The summed E-state index contributed by atoms with van der Waals surface area (Å²) in [4.78, 5) is 7.21. The fourth-order valence-corrected chi connectivity index (χ4v) is 11.4. The molecule has 0 N–H and O–H groups in total. The number of para-hydroxylation sites is 1. The first-order valence-electron chi connectivity index (χ1n) is 24.2. The third-order valence-corrected chi connectivity index (χ3v) is 15.0. The Kier molecular flexibility index (Phi) is 10.8. The van der Waals surface area contributed by atoms with Crippen molar-refractivity contribution in [1.82, 2.24) is 0 Å². The predicted octanol–water partition coefficient (Wildman–Crippen LogP) is 19.9. The molecule has 13 aromatic rings. The van der Waals surface area contributed by atoms with Gasteiger partial charge in [-0.15, -0.1) is 11.3 Å². The maximum absolute atomic E-state index is 2.34. The molecular formula is C68H46N2S. The Labute approximate surface area is 418 Å². The fraction of sp³-hybridized carbons (Fsp3) is 0. The van der Waals surface area contributed by atoms with Crippen LogP contribution in [0.15, 0.2) is 279 Å². The van der Waals surface area contributed by atoms with Crippen molar-refractivity contribution in [3.63, 3.8) is 0 Å². The third-order valence-electron chi connectivity index (χ3n) is 13.9. The van der Waals surface area contributed by atoms with Gasteiger partial charge in [-0.2, -0.15) is 0 Å². The highest BCUT2D eigenvalue weighted by Crippen LogP contribution is 2.44. The van der Waals surface area contributed by atoms with Crippen LogP contribution in [0.3, 0.4) is 0 Å². The Bertz CT molecular complexity index is 3820. The molecule has 0 unspecified atom stereocenters. The van der Waals surface area contributed by atoms with Crippen LogP contribution in [0.25, 0.3) is 86.6 Å². The SMILES string of the molecule is c1ccc(-c2ccc(N(c3ccc(-c4ccccc4)cc3)c3ccc(-c4ccc(N(c5ccccc5)c5ccc(-c6ccc(-c7ccc8ccc9cccc%10ccc7c8c9%10)s6)cc5)cc4)cc3)cc2)cc1. The molecule has 0 aliphatic heterocycles. The molecule has 0 spiro atoms. The molecule has 71 heavy (non-hydrogen) atoms. The Morgan fingerprint density at radius 2 is 0.549 bits per heavy atom. The number of benzene rings is 12. The molecule has 12 aromatic carbocycles. The summed E-state index contributed by atoms with van der Waals surface area (Å²) in [7, 11) is 0. The summed E-state index contributed by atoms with van der Waals surface area (Å²) < 4.78 is 0. The first-order valence-corrected chi connectivity index (χ1v) is 25.0. The van der Waals surface area contributed by atoms with E-state index in [1.807, 2.05) is 11.3 Å². The third kappa shape index (κ3) is 7.99. The van der Waals surface area contributed by atoms with Crippen molar-refractivity contribution >= 4 is 77.8 Å². The first-order chi connectivity index (χ1) is 35.2. The summed E-state index contributed by atoms with van der Waals surface area (Å²) in [5, 5.41) is 7.90. The monoisotopic (exact) mass is 922 g/mol. The Hall–Kier alpha value is -9.02. The lowest BCUT2D eigenvalue weighted by atomic mass is 9.91. The van der Waals surface area contributed by atoms with Gasteiger partial charge in [0.1, 0.15) is 0 Å². The average molecular weight is 923 g/mol. The molecule has 0 aliphatic carbocycles. The molecular weight excluding hydrogens is 877 g/mol. The van der Waals surface area contributed by atoms with E-state index in [1.54, 1.807) is 0 Å². The maximum atomic E-state index is 2.34. The normalized spacial score (nSPS) is 11.4. The quantitative estimate of drug-likeness (QED) is 0.119. The maximum Gasteiger partial charge on any atom is 0.0462 e. The van der Waals surface area contributed by atoms with Crippen molar-refractivity contribution in [2.75, 3.05) is 9.80 Å². The van der Waals surface area contributed by atoms with Crippen LogP contribution in [-0.2, 0) is 0 Å². The molecule has 1 heterocycles. The van der Waals surface area contributed by atoms with Gasteiger partial charge in [-0.05, 0) is 162 Å². The van der Waals surface area contributed by atoms with E-state index < -0.39 is 0 Å². The van der Waals surface area contributed by atoms with E-state index in [1.165, 1.54) is 75.5 Å². The zero-order valence-electron chi connectivity index (χ0n) is 38.9. The molecule has 0 saturated heterocycles. The van der Waals surface area contributed by atoms with Crippen LogP contribution in [-0.4, -0.2) is 0 Å². The molecule has 3 heteroatoms. The van der Waals surface area contributed by atoms with E-state index in [0.29, 0.717) is 0 Å². The smallest absolute Gasteiger partial charge is 0.0462 e. The van der Waals surface area contributed by atoms with Gasteiger partial charge in [-0.1, -0.05) is 194 Å². The summed E-state index contributed by atoms with van der Waals surface area (Å²) in [6.45, 7) is 0. The predicted molar refractivity (Wildman–Crippen MR) is 305 cm³/mol. The standard InChI is InChI=1S/C68H46N2S/c1-4-11-47(12-5-1)49-21-33-59(34-22-49)70(60-35-23-50(24-36-60)48-13-6-2-7-14-48)61-39-27-52(28-40-61)51-25-37-58(38-26-51)69(57-17-8-3-9-18-57)62-41-29-53(30-42-62)65-45-46-66(71-65)63-43-31-56-20-19-54-15-10-16-55-32-44-64(63)68(56)67(54)55/h1-46H. The van der Waals surface area contributed by atoms with Crippen LogP contribution in [0.1, 0.15) is 0 Å². The molecule has 0 aliphatic rings. The summed E-state index contributed by atoms with van der Waals surface area (Å²) in [5.74, 6) is 0. The molecule has 2 nitrogen and oxygen atoms in total. The van der Waals surface area contributed by atoms with Gasteiger partial charge in [0.15, 0.2) is 0 Å². The van der Waals surface area contributed by atoms with Gasteiger partial charge in [0.2, 0.25) is 0 Å². The summed E-state index contributed by atoms with van der Waals surface area (Å²) in [5.41, 5.74) is 16.2. The van der Waals surface area contributed by atoms with Gasteiger partial charge < -0.3 is 9.80 Å². The van der Waals surface area contributed by atoms with Crippen molar-refractivity contribution in [2.45, 2.75) is 0 Å². The molecule has 0 radical (unpaired) electrons. The van der Waals surface area contributed by atoms with Crippen molar-refractivity contribution < 1.29 is 0 Å². The Morgan fingerprint density at radius 1 is 0.211 bits per heavy atom. The molecule has 334 valence electrons. The van der Waals surface area contributed by atoms with Gasteiger partial charge in [-0.25, -0.2) is 0 Å². The van der Waals surface area contributed by atoms with E-state index >= 15 is 0 Å². The zero-order chi connectivity index (χ0) is 47.1. The van der Waals surface area contributed by atoms with Crippen LogP contribution < -0.4 is 9.80 Å². The van der Waals surface area contributed by atoms with E-state index in [4.69, 9.17) is 0 Å². The highest BCUT2D eigenvalue weighted by Gasteiger charge is 2.18. The lowest BCUT2D eigenvalue weighted by molar-refractivity contribution is 1.28. The number of hydrogen-bond acceptors (Lipinski definition) is 3. The van der Waals surface area contributed by atoms with E-state index in [9.17, 15) is 0 Å². The van der Waals surface area contributed by atoms with Crippen molar-refractivity contribution in [3.8, 4) is 54.3 Å². The average Bonchev–Trinajstić information content (AvgIpc) is 3.95. The number of hydrogen-bond donors (Lipinski definition) is 0. The number of nitrogens with zero attached hydrogens (tertiary/aromatic N) is 2. The van der Waals surface area contributed by atoms with Gasteiger partial charge in [-0.3, -0.25) is 0 Å².